The molecule has 1 aliphatic rings. The number of rotatable bonds is 7. The summed E-state index contributed by atoms with van der Waals surface area (Å²) in [6.45, 7) is 0.357. The van der Waals surface area contributed by atoms with Gasteiger partial charge in [0.25, 0.3) is 5.91 Å². The number of hydrogen-bond acceptors (Lipinski definition) is 4. The van der Waals surface area contributed by atoms with Crippen LogP contribution in [0.1, 0.15) is 33.1 Å². The van der Waals surface area contributed by atoms with Crippen molar-refractivity contribution in [1.29, 1.82) is 0 Å². The van der Waals surface area contributed by atoms with Crippen LogP contribution in [0.4, 0.5) is 13.2 Å². The van der Waals surface area contributed by atoms with Crippen molar-refractivity contribution in [2.24, 2.45) is 0 Å². The second kappa shape index (κ2) is 11.3. The number of carbonyl (C=O) groups is 1. The third-order valence-electron chi connectivity index (χ3n) is 7.07. The van der Waals surface area contributed by atoms with Crippen LogP contribution >= 0.6 is 0 Å². The van der Waals surface area contributed by atoms with Gasteiger partial charge in [-0.15, -0.1) is 0 Å². The summed E-state index contributed by atoms with van der Waals surface area (Å²) in [7, 11) is 3.08. The van der Waals surface area contributed by atoms with Gasteiger partial charge in [-0.1, -0.05) is 48.5 Å². The van der Waals surface area contributed by atoms with Crippen molar-refractivity contribution >= 4 is 5.91 Å². The number of benzene rings is 4. The summed E-state index contributed by atoms with van der Waals surface area (Å²) >= 11 is 0. The van der Waals surface area contributed by atoms with E-state index in [1.54, 1.807) is 24.1 Å². The molecule has 0 aromatic heterocycles. The van der Waals surface area contributed by atoms with Crippen molar-refractivity contribution in [3.8, 4) is 28.4 Å². The number of hydrogen-bond donors (Lipinski definition) is 0. The van der Waals surface area contributed by atoms with Gasteiger partial charge in [-0.25, -0.2) is 0 Å². The number of methoxy groups -OCH3 is 2. The number of amides is 1. The molecule has 1 heterocycles. The Balaban J connectivity index is 1.47. The predicted molar refractivity (Wildman–Crippen MR) is 146 cm³/mol. The molecule has 8 heteroatoms. The summed E-state index contributed by atoms with van der Waals surface area (Å²) in [5.41, 5.74) is 3.49. The maximum atomic E-state index is 13.8. The molecule has 1 atom stereocenters. The first-order chi connectivity index (χ1) is 19.3. The Morgan fingerprint density at radius 3 is 2.20 bits per heavy atom. The standard InChI is InChI=1S/C32H28F3NO4/c1-38-29-17-24-15-16-36(31(37)23-13-11-22(12-14-23)21-7-4-3-5-8-21)28(27(24)19-30(29)39-2)20-40-26-10-6-9-25(18-26)32(33,34)35/h3-14,17-19,28H,15-16,20H2,1-2H3. The topological polar surface area (TPSA) is 48.0 Å². The van der Waals surface area contributed by atoms with Crippen LogP contribution < -0.4 is 14.2 Å². The van der Waals surface area contributed by atoms with Gasteiger partial charge in [-0.2, -0.15) is 13.2 Å². The number of ether oxygens (including phenoxy) is 3. The van der Waals surface area contributed by atoms with Crippen LogP contribution in [0.25, 0.3) is 11.1 Å². The van der Waals surface area contributed by atoms with E-state index in [1.165, 1.54) is 19.2 Å². The van der Waals surface area contributed by atoms with Gasteiger partial charge in [0.05, 0.1) is 25.8 Å². The minimum absolute atomic E-state index is 0.0440. The molecule has 5 nitrogen and oxygen atoms in total. The summed E-state index contributed by atoms with van der Waals surface area (Å²) in [6, 6.07) is 25.1. The highest BCUT2D eigenvalue weighted by Crippen LogP contribution is 2.39. The molecule has 1 amide bonds. The summed E-state index contributed by atoms with van der Waals surface area (Å²) in [6.07, 6.45) is -3.92. The van der Waals surface area contributed by atoms with Crippen LogP contribution in [0, 0.1) is 0 Å². The molecular weight excluding hydrogens is 519 g/mol. The van der Waals surface area contributed by atoms with Crippen LogP contribution in [0.15, 0.2) is 91.0 Å². The van der Waals surface area contributed by atoms with E-state index in [0.29, 0.717) is 30.0 Å². The number of nitrogens with zero attached hydrogens (tertiary/aromatic N) is 1. The average Bonchev–Trinajstić information content (AvgIpc) is 2.99. The average molecular weight is 548 g/mol. The van der Waals surface area contributed by atoms with E-state index in [4.69, 9.17) is 14.2 Å². The van der Waals surface area contributed by atoms with Crippen molar-refractivity contribution in [3.63, 3.8) is 0 Å². The first-order valence-corrected chi connectivity index (χ1v) is 12.8. The van der Waals surface area contributed by atoms with Crippen molar-refractivity contribution in [3.05, 3.63) is 113 Å². The molecule has 0 saturated heterocycles. The van der Waals surface area contributed by atoms with Gasteiger partial charge in [0, 0.05) is 12.1 Å². The third kappa shape index (κ3) is 5.61. The second-order valence-electron chi connectivity index (χ2n) is 9.45. The largest absolute Gasteiger partial charge is 0.493 e. The first kappa shape index (κ1) is 27.1. The molecule has 4 aromatic carbocycles. The fourth-order valence-corrected chi connectivity index (χ4v) is 4.99. The highest BCUT2D eigenvalue weighted by Gasteiger charge is 2.34. The zero-order valence-electron chi connectivity index (χ0n) is 22.1. The van der Waals surface area contributed by atoms with E-state index in [2.05, 4.69) is 0 Å². The molecule has 0 aliphatic carbocycles. The van der Waals surface area contributed by atoms with Crippen molar-refractivity contribution in [2.45, 2.75) is 18.6 Å². The normalized spacial score (nSPS) is 14.8. The van der Waals surface area contributed by atoms with E-state index in [-0.39, 0.29) is 18.3 Å². The minimum atomic E-state index is -4.49. The van der Waals surface area contributed by atoms with E-state index in [1.807, 2.05) is 54.6 Å². The van der Waals surface area contributed by atoms with Crippen molar-refractivity contribution < 1.29 is 32.2 Å². The molecule has 0 spiro atoms. The second-order valence-corrected chi connectivity index (χ2v) is 9.45. The quantitative estimate of drug-likeness (QED) is 0.245. The maximum Gasteiger partial charge on any atom is 0.416 e. The third-order valence-corrected chi connectivity index (χ3v) is 7.07. The van der Waals surface area contributed by atoms with Crippen molar-refractivity contribution in [1.82, 2.24) is 4.90 Å². The lowest BCUT2D eigenvalue weighted by Crippen LogP contribution is -2.42. The summed E-state index contributed by atoms with van der Waals surface area (Å²) in [5.74, 6) is 0.932. The van der Waals surface area contributed by atoms with Crippen LogP contribution in [-0.2, 0) is 12.6 Å². The Kier molecular flexibility index (Phi) is 7.69. The Bertz CT molecular complexity index is 1490. The summed E-state index contributed by atoms with van der Waals surface area (Å²) in [4.78, 5) is 15.5. The lowest BCUT2D eigenvalue weighted by Gasteiger charge is -2.37. The van der Waals surface area contributed by atoms with Crippen LogP contribution in [0.3, 0.4) is 0 Å². The Labute approximate surface area is 230 Å². The Hall–Kier alpha value is -4.46. The van der Waals surface area contributed by atoms with Gasteiger partial charge >= 0.3 is 6.18 Å². The summed E-state index contributed by atoms with van der Waals surface area (Å²) < 4.78 is 56.7. The molecule has 0 bridgehead atoms. The van der Waals surface area contributed by atoms with Gasteiger partial charge in [0.15, 0.2) is 11.5 Å². The molecule has 0 radical (unpaired) electrons. The fraction of sp³-hybridized carbons (Fsp3) is 0.219. The highest BCUT2D eigenvalue weighted by molar-refractivity contribution is 5.95. The zero-order chi connectivity index (χ0) is 28.3. The SMILES string of the molecule is COc1cc2c(cc1OC)C(COc1cccc(C(F)(F)F)c1)N(C(=O)c1ccc(-c3ccccc3)cc1)CC2. The molecule has 1 aliphatic heterocycles. The van der Waals surface area contributed by atoms with E-state index in [9.17, 15) is 18.0 Å². The van der Waals surface area contributed by atoms with Crippen LogP contribution in [0.5, 0.6) is 17.2 Å². The molecule has 40 heavy (non-hydrogen) atoms. The summed E-state index contributed by atoms with van der Waals surface area (Å²) in [5, 5.41) is 0. The van der Waals surface area contributed by atoms with Gasteiger partial charge in [0.1, 0.15) is 12.4 Å². The lowest BCUT2D eigenvalue weighted by atomic mass is 9.91. The first-order valence-electron chi connectivity index (χ1n) is 12.8. The predicted octanol–water partition coefficient (Wildman–Crippen LogP) is 7.21. The number of carbonyl (C=O) groups excluding carboxylic acids is 1. The number of fused-ring (bicyclic) bond motifs is 1. The minimum Gasteiger partial charge on any atom is -0.493 e. The van der Waals surface area contributed by atoms with Gasteiger partial charge in [-0.3, -0.25) is 4.79 Å². The molecule has 0 saturated carbocycles. The molecule has 1 unspecified atom stereocenters. The number of alkyl halides is 3. The highest BCUT2D eigenvalue weighted by atomic mass is 19.4. The fourth-order valence-electron chi connectivity index (χ4n) is 4.99. The molecule has 4 aromatic rings. The van der Waals surface area contributed by atoms with Crippen molar-refractivity contribution in [2.75, 3.05) is 27.4 Å². The monoisotopic (exact) mass is 547 g/mol. The van der Waals surface area contributed by atoms with E-state index >= 15 is 0 Å². The van der Waals surface area contributed by atoms with E-state index in [0.717, 1.165) is 34.4 Å². The van der Waals surface area contributed by atoms with Gasteiger partial charge in [-0.05, 0) is 71.1 Å². The van der Waals surface area contributed by atoms with Gasteiger partial charge in [0.2, 0.25) is 0 Å². The molecular formula is C32H28F3NO4. The maximum absolute atomic E-state index is 13.8. The van der Waals surface area contributed by atoms with Crippen LogP contribution in [0.2, 0.25) is 0 Å². The van der Waals surface area contributed by atoms with E-state index < -0.39 is 17.8 Å². The van der Waals surface area contributed by atoms with Crippen LogP contribution in [-0.4, -0.2) is 38.2 Å². The Morgan fingerprint density at radius 2 is 1.52 bits per heavy atom. The zero-order valence-corrected chi connectivity index (χ0v) is 22.1. The number of halogens is 3. The molecule has 0 N–H and O–H groups in total. The Morgan fingerprint density at radius 1 is 0.850 bits per heavy atom. The molecule has 0 fully saturated rings. The molecule has 206 valence electrons. The smallest absolute Gasteiger partial charge is 0.416 e. The van der Waals surface area contributed by atoms with Gasteiger partial charge < -0.3 is 19.1 Å². The molecule has 5 rings (SSSR count). The lowest BCUT2D eigenvalue weighted by molar-refractivity contribution is -0.137.